The average Bonchev–Trinajstić information content (AvgIpc) is 2.33. The Labute approximate surface area is 109 Å². The first-order valence-electron chi connectivity index (χ1n) is 4.50. The predicted octanol–water partition coefficient (Wildman–Crippen LogP) is 2.48. The molecule has 0 aliphatic carbocycles. The van der Waals surface area contributed by atoms with Crippen molar-refractivity contribution in [2.45, 2.75) is 10.1 Å². The van der Waals surface area contributed by atoms with E-state index in [0.717, 1.165) is 9.50 Å². The van der Waals surface area contributed by atoms with Gasteiger partial charge in [-0.1, -0.05) is 0 Å². The molecule has 2 heterocycles. The summed E-state index contributed by atoms with van der Waals surface area (Å²) in [4.78, 5) is 22.5. The Bertz CT molecular complexity index is 530. The Morgan fingerprint density at radius 3 is 2.41 bits per heavy atom. The largest absolute Gasteiger partial charge is 0.476 e. The Hall–Kier alpha value is -1.47. The lowest BCUT2D eigenvalue weighted by Crippen LogP contribution is -2.00. The monoisotopic (exact) mass is 311 g/mol. The fraction of sp³-hybridized carbons (Fsp3) is 0. The van der Waals surface area contributed by atoms with Crippen LogP contribution in [0.4, 0.5) is 0 Å². The minimum Gasteiger partial charge on any atom is -0.476 e. The molecule has 2 aromatic rings. The van der Waals surface area contributed by atoms with Crippen molar-refractivity contribution in [3.63, 3.8) is 0 Å². The molecule has 2 aromatic heterocycles. The summed E-state index contributed by atoms with van der Waals surface area (Å²) >= 11 is 4.61. The van der Waals surface area contributed by atoms with E-state index in [1.165, 1.54) is 24.2 Å². The lowest BCUT2D eigenvalue weighted by molar-refractivity contribution is 0.0689. The molecule has 0 aliphatic heterocycles. The maximum Gasteiger partial charge on any atom is 0.356 e. The third-order valence-electron chi connectivity index (χ3n) is 1.76. The molecule has 0 radical (unpaired) electrons. The molecule has 2 rings (SSSR count). The quantitative estimate of drug-likeness (QED) is 0.938. The summed E-state index contributed by atoms with van der Waals surface area (Å²) < 4.78 is 0.897. The molecule has 1 N–H and O–H groups in total. The van der Waals surface area contributed by atoms with Gasteiger partial charge in [-0.15, -0.1) is 0 Å². The number of carboxylic acid groups (broad SMARTS) is 1. The smallest absolute Gasteiger partial charge is 0.356 e. The Morgan fingerprint density at radius 1 is 1.12 bits per heavy atom. The number of pyridine rings is 1. The number of carbonyl (C=O) groups is 1. The topological polar surface area (TPSA) is 76.0 Å². The van der Waals surface area contributed by atoms with Crippen LogP contribution in [0, 0.1) is 0 Å². The van der Waals surface area contributed by atoms with Gasteiger partial charge < -0.3 is 5.11 Å². The van der Waals surface area contributed by atoms with Crippen molar-refractivity contribution >= 4 is 33.7 Å². The molecule has 0 unspecified atom stereocenters. The second kappa shape index (κ2) is 5.24. The Kier molecular flexibility index (Phi) is 3.70. The van der Waals surface area contributed by atoms with Crippen LogP contribution in [-0.4, -0.2) is 26.0 Å². The third-order valence-corrected chi connectivity index (χ3v) is 3.10. The zero-order chi connectivity index (χ0) is 12.3. The van der Waals surface area contributed by atoms with Gasteiger partial charge in [0.05, 0.1) is 12.4 Å². The lowest BCUT2D eigenvalue weighted by Gasteiger charge is -1.99. The van der Waals surface area contributed by atoms with Crippen molar-refractivity contribution in [2.75, 3.05) is 0 Å². The molecule has 0 aliphatic rings. The number of hydrogen-bond acceptors (Lipinski definition) is 5. The molecule has 5 nitrogen and oxygen atoms in total. The summed E-state index contributed by atoms with van der Waals surface area (Å²) in [5.41, 5.74) is -0.0712. The Balaban J connectivity index is 2.13. The number of aromatic carboxylic acids is 1. The normalized spacial score (nSPS) is 10.2. The van der Waals surface area contributed by atoms with Gasteiger partial charge >= 0.3 is 5.97 Å². The van der Waals surface area contributed by atoms with Gasteiger partial charge in [-0.05, 0) is 39.8 Å². The number of nitrogens with zero attached hydrogens (tertiary/aromatic N) is 3. The maximum absolute atomic E-state index is 10.6. The molecular weight excluding hydrogens is 306 g/mol. The molecule has 0 saturated carbocycles. The molecule has 17 heavy (non-hydrogen) atoms. The minimum atomic E-state index is -1.09. The van der Waals surface area contributed by atoms with Crippen molar-refractivity contribution in [3.05, 3.63) is 40.9 Å². The third kappa shape index (κ3) is 3.24. The van der Waals surface area contributed by atoms with Crippen molar-refractivity contribution < 1.29 is 9.90 Å². The van der Waals surface area contributed by atoms with E-state index in [2.05, 4.69) is 30.9 Å². The standard InChI is InChI=1S/C10H6BrN3O2S/c11-6-1-2-8(13-3-6)17-9-5-12-7(4-14-9)10(15)16/h1-5H,(H,15,16). The first kappa shape index (κ1) is 12.0. The first-order valence-corrected chi connectivity index (χ1v) is 6.11. The van der Waals surface area contributed by atoms with Crippen LogP contribution in [0.15, 0.2) is 45.2 Å². The van der Waals surface area contributed by atoms with Gasteiger partial charge in [-0.2, -0.15) is 0 Å². The van der Waals surface area contributed by atoms with Crippen molar-refractivity contribution in [1.29, 1.82) is 0 Å². The number of hydrogen-bond donors (Lipinski definition) is 1. The van der Waals surface area contributed by atoms with Crippen LogP contribution < -0.4 is 0 Å². The number of rotatable bonds is 3. The molecule has 0 spiro atoms. The van der Waals surface area contributed by atoms with Crippen molar-refractivity contribution in [2.24, 2.45) is 0 Å². The van der Waals surface area contributed by atoms with Crippen LogP contribution in [0.5, 0.6) is 0 Å². The molecule has 0 amide bonds. The molecule has 7 heteroatoms. The van der Waals surface area contributed by atoms with E-state index in [9.17, 15) is 4.79 Å². The van der Waals surface area contributed by atoms with Gasteiger partial charge in [0.25, 0.3) is 0 Å². The predicted molar refractivity (Wildman–Crippen MR) is 65.1 cm³/mol. The van der Waals surface area contributed by atoms with E-state index in [0.29, 0.717) is 5.03 Å². The molecule has 0 fully saturated rings. The van der Waals surface area contributed by atoms with E-state index in [4.69, 9.17) is 5.11 Å². The molecule has 0 atom stereocenters. The zero-order valence-corrected chi connectivity index (χ0v) is 10.8. The van der Waals surface area contributed by atoms with Crippen LogP contribution in [-0.2, 0) is 0 Å². The Morgan fingerprint density at radius 2 is 1.88 bits per heavy atom. The van der Waals surface area contributed by atoms with Gasteiger partial charge in [-0.25, -0.2) is 19.7 Å². The number of aromatic nitrogens is 3. The van der Waals surface area contributed by atoms with E-state index in [-0.39, 0.29) is 5.69 Å². The lowest BCUT2D eigenvalue weighted by atomic mass is 10.5. The maximum atomic E-state index is 10.6. The summed E-state index contributed by atoms with van der Waals surface area (Å²) in [6.07, 6.45) is 4.32. The number of halogens is 1. The van der Waals surface area contributed by atoms with Gasteiger partial charge in [0, 0.05) is 10.7 Å². The SMILES string of the molecule is O=C(O)c1cnc(Sc2ccc(Br)cn2)cn1. The summed E-state index contributed by atoms with van der Waals surface area (Å²) in [6.45, 7) is 0. The van der Waals surface area contributed by atoms with Gasteiger partial charge in [0.2, 0.25) is 0 Å². The summed E-state index contributed by atoms with van der Waals surface area (Å²) in [5, 5.41) is 10.0. The van der Waals surface area contributed by atoms with Crippen LogP contribution in [0.3, 0.4) is 0 Å². The van der Waals surface area contributed by atoms with Crippen LogP contribution in [0.25, 0.3) is 0 Å². The van der Waals surface area contributed by atoms with Gasteiger partial charge in [0.15, 0.2) is 5.69 Å². The molecule has 0 saturated heterocycles. The molecule has 0 aromatic carbocycles. The van der Waals surface area contributed by atoms with E-state index in [1.807, 2.05) is 12.1 Å². The van der Waals surface area contributed by atoms with Crippen LogP contribution in [0.2, 0.25) is 0 Å². The van der Waals surface area contributed by atoms with Crippen molar-refractivity contribution in [3.8, 4) is 0 Å². The highest BCUT2D eigenvalue weighted by molar-refractivity contribution is 9.10. The summed E-state index contributed by atoms with van der Waals surface area (Å²) in [7, 11) is 0. The second-order valence-electron chi connectivity index (χ2n) is 2.96. The van der Waals surface area contributed by atoms with E-state index < -0.39 is 5.97 Å². The van der Waals surface area contributed by atoms with Crippen LogP contribution in [0.1, 0.15) is 10.5 Å². The second-order valence-corrected chi connectivity index (χ2v) is 4.92. The molecule has 0 bridgehead atoms. The highest BCUT2D eigenvalue weighted by Crippen LogP contribution is 2.24. The first-order chi connectivity index (χ1) is 8.15. The summed E-state index contributed by atoms with van der Waals surface area (Å²) in [5.74, 6) is -1.09. The minimum absolute atomic E-state index is 0.0712. The number of carboxylic acids is 1. The summed E-state index contributed by atoms with van der Waals surface area (Å²) in [6, 6.07) is 3.70. The highest BCUT2D eigenvalue weighted by atomic mass is 79.9. The fourth-order valence-corrected chi connectivity index (χ4v) is 1.91. The van der Waals surface area contributed by atoms with Gasteiger partial charge in [-0.3, -0.25) is 0 Å². The van der Waals surface area contributed by atoms with Crippen molar-refractivity contribution in [1.82, 2.24) is 15.0 Å². The highest BCUT2D eigenvalue weighted by Gasteiger charge is 2.06. The fourth-order valence-electron chi connectivity index (χ4n) is 1.01. The average molecular weight is 312 g/mol. The molecule has 86 valence electrons. The molecular formula is C10H6BrN3O2S. The van der Waals surface area contributed by atoms with Crippen LogP contribution >= 0.6 is 27.7 Å². The van der Waals surface area contributed by atoms with E-state index >= 15 is 0 Å². The van der Waals surface area contributed by atoms with E-state index in [1.54, 1.807) is 6.20 Å². The van der Waals surface area contributed by atoms with Gasteiger partial charge in [0.1, 0.15) is 10.1 Å². The zero-order valence-electron chi connectivity index (χ0n) is 8.37.